The highest BCUT2D eigenvalue weighted by Gasteiger charge is 2.02. The SMILES string of the molecule is C#C.C#C.CSNc1cc(CCNCc2cc(C)cc(C)c2)ccc1O. The number of aromatic hydroxyl groups is 1. The van der Waals surface area contributed by atoms with E-state index in [2.05, 4.69) is 67.8 Å². The lowest BCUT2D eigenvalue weighted by Crippen LogP contribution is -2.16. The predicted octanol–water partition coefficient (Wildman–Crippen LogP) is 4.53. The molecule has 3 N–H and O–H groups in total. The van der Waals surface area contributed by atoms with Gasteiger partial charge in [-0.3, -0.25) is 0 Å². The molecule has 0 unspecified atom stereocenters. The lowest BCUT2D eigenvalue weighted by atomic mass is 10.1. The number of hydrogen-bond donors (Lipinski definition) is 3. The number of aryl methyl sites for hydroxylation is 2. The van der Waals surface area contributed by atoms with Gasteiger partial charge in [-0.2, -0.15) is 0 Å². The van der Waals surface area contributed by atoms with Crippen molar-refractivity contribution in [1.82, 2.24) is 5.32 Å². The van der Waals surface area contributed by atoms with Crippen LogP contribution >= 0.6 is 11.9 Å². The fourth-order valence-corrected chi connectivity index (χ4v) is 2.95. The Kier molecular flexibility index (Phi) is 12.4. The van der Waals surface area contributed by atoms with E-state index >= 15 is 0 Å². The van der Waals surface area contributed by atoms with Crippen molar-refractivity contribution in [3.63, 3.8) is 0 Å². The highest BCUT2D eigenvalue weighted by Crippen LogP contribution is 2.26. The van der Waals surface area contributed by atoms with Crippen LogP contribution in [0.5, 0.6) is 5.75 Å². The van der Waals surface area contributed by atoms with Gasteiger partial charge in [-0.05, 0) is 50.1 Å². The van der Waals surface area contributed by atoms with Gasteiger partial charge >= 0.3 is 0 Å². The normalized spacial score (nSPS) is 9.19. The third-order valence-corrected chi connectivity index (χ3v) is 3.90. The molecule has 4 heteroatoms. The number of phenols is 1. The average molecular weight is 369 g/mol. The summed E-state index contributed by atoms with van der Waals surface area (Å²) in [6.45, 7) is 6.06. The van der Waals surface area contributed by atoms with Crippen LogP contribution in [0, 0.1) is 39.5 Å². The van der Waals surface area contributed by atoms with Gasteiger partial charge in [-0.25, -0.2) is 0 Å². The Hall–Kier alpha value is -2.53. The Balaban J connectivity index is 0.00000146. The van der Waals surface area contributed by atoms with E-state index in [1.165, 1.54) is 34.2 Å². The number of phenolic OH excluding ortho intramolecular Hbond substituents is 1. The van der Waals surface area contributed by atoms with Crippen molar-refractivity contribution >= 4 is 17.6 Å². The number of nitrogens with one attached hydrogen (secondary N) is 2. The van der Waals surface area contributed by atoms with Crippen molar-refractivity contribution in [2.24, 2.45) is 0 Å². The van der Waals surface area contributed by atoms with Crippen molar-refractivity contribution < 1.29 is 5.11 Å². The van der Waals surface area contributed by atoms with E-state index in [9.17, 15) is 5.11 Å². The molecule has 0 radical (unpaired) electrons. The van der Waals surface area contributed by atoms with Crippen molar-refractivity contribution in [3.05, 3.63) is 58.7 Å². The minimum Gasteiger partial charge on any atom is -0.506 e. The summed E-state index contributed by atoms with van der Waals surface area (Å²) in [7, 11) is 0. The fraction of sp³-hybridized carbons (Fsp3) is 0.273. The van der Waals surface area contributed by atoms with Gasteiger partial charge < -0.3 is 15.1 Å². The van der Waals surface area contributed by atoms with Crippen molar-refractivity contribution in [3.8, 4) is 31.4 Å². The molecule has 0 bridgehead atoms. The maximum atomic E-state index is 9.75. The molecule has 0 atom stereocenters. The second kappa shape index (κ2) is 13.7. The van der Waals surface area contributed by atoms with E-state index in [0.29, 0.717) is 5.75 Å². The fourth-order valence-electron chi connectivity index (χ4n) is 2.57. The maximum Gasteiger partial charge on any atom is 0.139 e. The molecule has 2 rings (SSSR count). The summed E-state index contributed by atoms with van der Waals surface area (Å²) in [5.74, 6) is 0.293. The number of benzene rings is 2. The molecule has 3 nitrogen and oxygen atoms in total. The smallest absolute Gasteiger partial charge is 0.139 e. The zero-order valence-electron chi connectivity index (χ0n) is 15.8. The quantitative estimate of drug-likeness (QED) is 0.291. The van der Waals surface area contributed by atoms with Crippen molar-refractivity contribution in [1.29, 1.82) is 0 Å². The molecule has 0 amide bonds. The van der Waals surface area contributed by atoms with Gasteiger partial charge in [-0.15, -0.1) is 25.7 Å². The Labute approximate surface area is 162 Å². The van der Waals surface area contributed by atoms with Crippen molar-refractivity contribution in [2.45, 2.75) is 26.8 Å². The first-order valence-corrected chi connectivity index (χ1v) is 9.36. The van der Waals surface area contributed by atoms with Crippen LogP contribution in [0.25, 0.3) is 0 Å². The van der Waals surface area contributed by atoms with Crippen molar-refractivity contribution in [2.75, 3.05) is 17.5 Å². The highest BCUT2D eigenvalue weighted by molar-refractivity contribution is 7.99. The number of terminal acetylenes is 2. The topological polar surface area (TPSA) is 44.3 Å². The minimum absolute atomic E-state index is 0.293. The van der Waals surface area contributed by atoms with Gasteiger partial charge in [-0.1, -0.05) is 47.3 Å². The third-order valence-electron chi connectivity index (χ3n) is 3.47. The standard InChI is InChI=1S/C18H24N2OS.2C2H2/c1-13-8-14(2)10-16(9-13)12-19-7-6-15-4-5-18(21)17(11-15)20-22-3;2*1-2/h4-5,8-11,19-21H,6-7,12H2,1-3H3;2*1-2H. The average Bonchev–Trinajstić information content (AvgIpc) is 2.64. The first kappa shape index (κ1) is 23.5. The van der Waals surface area contributed by atoms with Crippen LogP contribution in [0.1, 0.15) is 22.3 Å². The Bertz CT molecular complexity index is 682. The molecule has 0 aromatic heterocycles. The van der Waals surface area contributed by atoms with Gasteiger partial charge in [0.05, 0.1) is 5.69 Å². The maximum absolute atomic E-state index is 9.75. The van der Waals surface area contributed by atoms with Crippen LogP contribution in [-0.2, 0) is 13.0 Å². The van der Waals surface area contributed by atoms with E-state index in [1.54, 1.807) is 6.07 Å². The molecule has 0 aliphatic carbocycles. The lowest BCUT2D eigenvalue weighted by Gasteiger charge is -2.10. The molecule has 0 saturated carbocycles. The van der Waals surface area contributed by atoms with Gasteiger partial charge in [0.1, 0.15) is 5.75 Å². The van der Waals surface area contributed by atoms with E-state index in [1.807, 2.05) is 18.4 Å². The van der Waals surface area contributed by atoms with Crippen LogP contribution < -0.4 is 10.0 Å². The van der Waals surface area contributed by atoms with E-state index in [0.717, 1.165) is 25.2 Å². The monoisotopic (exact) mass is 368 g/mol. The molecule has 2 aromatic rings. The molecular formula is C22H28N2OS. The van der Waals surface area contributed by atoms with E-state index in [4.69, 9.17) is 0 Å². The molecule has 0 heterocycles. The first-order valence-electron chi connectivity index (χ1n) is 8.14. The third kappa shape index (κ3) is 8.53. The van der Waals surface area contributed by atoms with Gasteiger partial charge in [0.15, 0.2) is 0 Å². The van der Waals surface area contributed by atoms with Gasteiger partial charge in [0.25, 0.3) is 0 Å². The number of anilines is 1. The summed E-state index contributed by atoms with van der Waals surface area (Å²) in [5, 5.41) is 13.2. The van der Waals surface area contributed by atoms with Gasteiger partial charge in [0.2, 0.25) is 0 Å². The molecule has 0 aliphatic rings. The summed E-state index contributed by atoms with van der Waals surface area (Å²) < 4.78 is 3.09. The summed E-state index contributed by atoms with van der Waals surface area (Å²) in [6.07, 6.45) is 18.9. The molecule has 0 saturated heterocycles. The molecular weight excluding hydrogens is 340 g/mol. The second-order valence-corrected chi connectivity index (χ2v) is 6.19. The summed E-state index contributed by atoms with van der Waals surface area (Å²) in [6, 6.07) is 12.4. The van der Waals surface area contributed by atoms with Gasteiger partial charge in [0, 0.05) is 12.8 Å². The van der Waals surface area contributed by atoms with Crippen LogP contribution in [-0.4, -0.2) is 17.9 Å². The van der Waals surface area contributed by atoms with Crippen LogP contribution in [0.4, 0.5) is 5.69 Å². The van der Waals surface area contributed by atoms with Crippen LogP contribution in [0.3, 0.4) is 0 Å². The Morgan fingerprint density at radius 1 is 0.923 bits per heavy atom. The van der Waals surface area contributed by atoms with E-state index in [-0.39, 0.29) is 0 Å². The molecule has 0 spiro atoms. The largest absolute Gasteiger partial charge is 0.506 e. The summed E-state index contributed by atoms with van der Waals surface area (Å²) in [5.41, 5.74) is 5.93. The number of rotatable bonds is 7. The van der Waals surface area contributed by atoms with Crippen LogP contribution in [0.15, 0.2) is 36.4 Å². The van der Waals surface area contributed by atoms with E-state index < -0.39 is 0 Å². The summed E-state index contributed by atoms with van der Waals surface area (Å²) >= 11 is 1.48. The molecule has 138 valence electrons. The Morgan fingerprint density at radius 2 is 1.54 bits per heavy atom. The Morgan fingerprint density at radius 3 is 2.12 bits per heavy atom. The molecule has 0 fully saturated rings. The zero-order chi connectivity index (χ0) is 19.9. The second-order valence-electron chi connectivity index (χ2n) is 5.58. The highest BCUT2D eigenvalue weighted by atomic mass is 32.2. The minimum atomic E-state index is 0.293. The predicted molar refractivity (Wildman–Crippen MR) is 116 cm³/mol. The molecule has 26 heavy (non-hydrogen) atoms. The van der Waals surface area contributed by atoms with Crippen LogP contribution in [0.2, 0.25) is 0 Å². The number of hydrogen-bond acceptors (Lipinski definition) is 4. The lowest BCUT2D eigenvalue weighted by molar-refractivity contribution is 0.478. The first-order chi connectivity index (χ1) is 12.6. The molecule has 2 aromatic carbocycles. The molecule has 0 aliphatic heterocycles. The summed E-state index contributed by atoms with van der Waals surface area (Å²) in [4.78, 5) is 0. The zero-order valence-corrected chi connectivity index (χ0v) is 16.6.